The normalized spacial score (nSPS) is 12.5. The van der Waals surface area contributed by atoms with E-state index >= 15 is 0 Å². The summed E-state index contributed by atoms with van der Waals surface area (Å²) in [6, 6.07) is 62.6. The van der Waals surface area contributed by atoms with Gasteiger partial charge in [0.1, 0.15) is 6.07 Å². The first-order chi connectivity index (χ1) is 23.3. The molecule has 0 spiro atoms. The summed E-state index contributed by atoms with van der Waals surface area (Å²) in [5.74, 6) is 0. The summed E-state index contributed by atoms with van der Waals surface area (Å²) in [5.41, 5.74) is 15.3. The van der Waals surface area contributed by atoms with E-state index in [9.17, 15) is 5.26 Å². The standard InChI is InChI=1S/C43H28BN3/c45-29-34-23-26-39-42-43(34)47(36-19-11-4-12-20-36)41-28-33(31-15-7-2-8-16-31)22-25-38(41)44(42)37-24-21-32(30-13-5-1-6-14-30)27-40(37)46(39)35-17-9-3-10-18-35/h1-28H. The Labute approximate surface area is 275 Å². The van der Waals surface area contributed by atoms with Crippen molar-refractivity contribution >= 4 is 57.2 Å². The average Bonchev–Trinajstić information content (AvgIpc) is 3.15. The molecule has 0 saturated carbocycles. The molecule has 0 aliphatic carbocycles. The largest absolute Gasteiger partial charge is 0.311 e. The van der Waals surface area contributed by atoms with Gasteiger partial charge in [-0.05, 0) is 87.2 Å². The van der Waals surface area contributed by atoms with Gasteiger partial charge >= 0.3 is 0 Å². The third-order valence-corrected chi connectivity index (χ3v) is 9.48. The van der Waals surface area contributed by atoms with Crippen molar-refractivity contribution in [3.05, 3.63) is 175 Å². The summed E-state index contributed by atoms with van der Waals surface area (Å²) in [7, 11) is 0. The Hall–Kier alpha value is -6.31. The fourth-order valence-corrected chi connectivity index (χ4v) is 7.42. The van der Waals surface area contributed by atoms with Gasteiger partial charge in [-0.3, -0.25) is 0 Å². The number of benzene rings is 7. The van der Waals surface area contributed by atoms with E-state index < -0.39 is 0 Å². The van der Waals surface area contributed by atoms with E-state index in [2.05, 4.69) is 174 Å². The minimum absolute atomic E-state index is 0.0622. The lowest BCUT2D eigenvalue weighted by atomic mass is 9.33. The van der Waals surface area contributed by atoms with Gasteiger partial charge in [-0.25, -0.2) is 0 Å². The van der Waals surface area contributed by atoms with Crippen LogP contribution in [0, 0.1) is 11.3 Å². The van der Waals surface area contributed by atoms with Crippen molar-refractivity contribution in [2.75, 3.05) is 9.80 Å². The van der Waals surface area contributed by atoms with E-state index in [4.69, 9.17) is 0 Å². The second kappa shape index (κ2) is 10.9. The predicted molar refractivity (Wildman–Crippen MR) is 196 cm³/mol. The van der Waals surface area contributed by atoms with Gasteiger partial charge < -0.3 is 9.80 Å². The van der Waals surface area contributed by atoms with Gasteiger partial charge in [0.05, 0.1) is 11.3 Å². The molecule has 0 radical (unpaired) electrons. The minimum Gasteiger partial charge on any atom is -0.311 e. The van der Waals surface area contributed by atoms with Crippen molar-refractivity contribution in [2.24, 2.45) is 0 Å². The van der Waals surface area contributed by atoms with Crippen LogP contribution >= 0.6 is 0 Å². The van der Waals surface area contributed by atoms with Gasteiger partial charge in [0.25, 0.3) is 6.71 Å². The maximum atomic E-state index is 10.7. The van der Waals surface area contributed by atoms with Gasteiger partial charge in [-0.2, -0.15) is 5.26 Å². The van der Waals surface area contributed by atoms with Gasteiger partial charge in [0.2, 0.25) is 0 Å². The Morgan fingerprint density at radius 3 is 1.40 bits per heavy atom. The van der Waals surface area contributed by atoms with E-state index in [1.165, 1.54) is 22.1 Å². The Morgan fingerprint density at radius 2 is 0.894 bits per heavy atom. The number of hydrogen-bond acceptors (Lipinski definition) is 3. The Bertz CT molecular complexity index is 2300. The summed E-state index contributed by atoms with van der Waals surface area (Å²) in [5, 5.41) is 10.7. The quantitative estimate of drug-likeness (QED) is 0.190. The summed E-state index contributed by atoms with van der Waals surface area (Å²) < 4.78 is 0. The summed E-state index contributed by atoms with van der Waals surface area (Å²) in [6.07, 6.45) is 0. The maximum absolute atomic E-state index is 10.7. The smallest absolute Gasteiger partial charge is 0.252 e. The molecular weight excluding hydrogens is 569 g/mol. The van der Waals surface area contributed by atoms with Gasteiger partial charge in [0, 0.05) is 28.4 Å². The highest BCUT2D eigenvalue weighted by Crippen LogP contribution is 2.46. The number of rotatable bonds is 4. The van der Waals surface area contributed by atoms with Crippen LogP contribution in [0.3, 0.4) is 0 Å². The zero-order valence-electron chi connectivity index (χ0n) is 25.6. The molecule has 0 N–H and O–H groups in total. The van der Waals surface area contributed by atoms with Crippen molar-refractivity contribution in [1.82, 2.24) is 0 Å². The van der Waals surface area contributed by atoms with E-state index in [-0.39, 0.29) is 6.71 Å². The molecule has 2 aliphatic rings. The molecule has 47 heavy (non-hydrogen) atoms. The molecule has 0 saturated heterocycles. The molecule has 0 amide bonds. The van der Waals surface area contributed by atoms with Crippen LogP contribution in [0.15, 0.2) is 170 Å². The fraction of sp³-hybridized carbons (Fsp3) is 0. The predicted octanol–water partition coefficient (Wildman–Crippen LogP) is 8.97. The van der Waals surface area contributed by atoms with Crippen LogP contribution in [-0.2, 0) is 0 Å². The van der Waals surface area contributed by atoms with Gasteiger partial charge in [-0.15, -0.1) is 0 Å². The van der Waals surface area contributed by atoms with Crippen LogP contribution < -0.4 is 26.2 Å². The average molecular weight is 598 g/mol. The van der Waals surface area contributed by atoms with Crippen LogP contribution in [0.1, 0.15) is 5.56 Å². The monoisotopic (exact) mass is 597 g/mol. The SMILES string of the molecule is N#Cc1ccc2c3c1N(c1ccccc1)c1cc(-c4ccccc4)ccc1B3c1ccc(-c3ccccc3)cc1N2c1ccccc1. The summed E-state index contributed by atoms with van der Waals surface area (Å²) in [6.45, 7) is -0.0622. The molecule has 0 atom stereocenters. The molecule has 0 fully saturated rings. The van der Waals surface area contributed by atoms with E-state index in [1.54, 1.807) is 0 Å². The van der Waals surface area contributed by atoms with Crippen molar-refractivity contribution in [3.63, 3.8) is 0 Å². The summed E-state index contributed by atoms with van der Waals surface area (Å²) >= 11 is 0. The second-order valence-corrected chi connectivity index (χ2v) is 12.1. The molecule has 3 nitrogen and oxygen atoms in total. The highest BCUT2D eigenvalue weighted by molar-refractivity contribution is 7.00. The molecule has 2 heterocycles. The lowest BCUT2D eigenvalue weighted by molar-refractivity contribution is 1.24. The Morgan fingerprint density at radius 1 is 0.426 bits per heavy atom. The van der Waals surface area contributed by atoms with Crippen molar-refractivity contribution in [3.8, 4) is 28.3 Å². The highest BCUT2D eigenvalue weighted by Gasteiger charge is 2.44. The van der Waals surface area contributed by atoms with Gasteiger partial charge in [-0.1, -0.05) is 121 Å². The van der Waals surface area contributed by atoms with Crippen LogP contribution in [0.2, 0.25) is 0 Å². The number of nitrogens with zero attached hydrogens (tertiary/aromatic N) is 3. The van der Waals surface area contributed by atoms with E-state index in [0.29, 0.717) is 5.56 Å². The fourth-order valence-electron chi connectivity index (χ4n) is 7.42. The third kappa shape index (κ3) is 4.29. The highest BCUT2D eigenvalue weighted by atomic mass is 15.2. The van der Waals surface area contributed by atoms with Crippen LogP contribution in [0.4, 0.5) is 34.1 Å². The van der Waals surface area contributed by atoms with Gasteiger partial charge in [0.15, 0.2) is 0 Å². The molecule has 2 aliphatic heterocycles. The summed E-state index contributed by atoms with van der Waals surface area (Å²) in [4.78, 5) is 4.69. The number of fused-ring (bicyclic) bond motifs is 4. The molecular formula is C43H28BN3. The van der Waals surface area contributed by atoms with Crippen LogP contribution in [0.25, 0.3) is 22.3 Å². The van der Waals surface area contributed by atoms with Crippen molar-refractivity contribution in [2.45, 2.75) is 0 Å². The molecule has 4 heteroatoms. The number of hydrogen-bond donors (Lipinski definition) is 0. The first-order valence-electron chi connectivity index (χ1n) is 16.0. The van der Waals surface area contributed by atoms with Crippen LogP contribution in [0.5, 0.6) is 0 Å². The Balaban J connectivity index is 1.38. The number of anilines is 6. The zero-order valence-corrected chi connectivity index (χ0v) is 25.6. The van der Waals surface area contributed by atoms with Crippen molar-refractivity contribution in [1.29, 1.82) is 5.26 Å². The Kier molecular flexibility index (Phi) is 6.30. The maximum Gasteiger partial charge on any atom is 0.252 e. The molecule has 218 valence electrons. The molecule has 0 aromatic heterocycles. The molecule has 7 aromatic carbocycles. The molecule has 0 bridgehead atoms. The minimum atomic E-state index is -0.0622. The van der Waals surface area contributed by atoms with E-state index in [1.807, 2.05) is 12.1 Å². The number of para-hydroxylation sites is 2. The zero-order chi connectivity index (χ0) is 31.3. The van der Waals surface area contributed by atoms with Crippen LogP contribution in [-0.4, -0.2) is 6.71 Å². The topological polar surface area (TPSA) is 30.3 Å². The van der Waals surface area contributed by atoms with Crippen molar-refractivity contribution < 1.29 is 0 Å². The first-order valence-corrected chi connectivity index (χ1v) is 16.0. The lowest BCUT2D eigenvalue weighted by Crippen LogP contribution is -2.61. The molecule has 0 unspecified atom stereocenters. The molecule has 9 rings (SSSR count). The number of nitriles is 1. The first kappa shape index (κ1) is 27.0. The van der Waals surface area contributed by atoms with E-state index in [0.717, 1.165) is 50.7 Å². The second-order valence-electron chi connectivity index (χ2n) is 12.1. The lowest BCUT2D eigenvalue weighted by Gasteiger charge is -2.44. The molecule has 7 aromatic rings. The third-order valence-electron chi connectivity index (χ3n) is 9.48.